The second-order valence-electron chi connectivity index (χ2n) is 7.67. The average molecular weight is 482 g/mol. The van der Waals surface area contributed by atoms with Crippen LogP contribution in [0.15, 0.2) is 96.1 Å². The van der Waals surface area contributed by atoms with Crippen LogP contribution in [0.5, 0.6) is 11.5 Å². The maximum Gasteiger partial charge on any atom is 0.343 e. The summed E-state index contributed by atoms with van der Waals surface area (Å²) in [5, 5.41) is 8.27. The third-order valence-corrected chi connectivity index (χ3v) is 5.25. The number of hydrazone groups is 1. The van der Waals surface area contributed by atoms with Crippen molar-refractivity contribution in [3.63, 3.8) is 0 Å². The Kier molecular flexibility index (Phi) is 7.67. The Bertz CT molecular complexity index is 1430. The maximum absolute atomic E-state index is 12.5. The first-order chi connectivity index (χ1) is 17.5. The van der Waals surface area contributed by atoms with Gasteiger partial charge in [0, 0.05) is 5.56 Å². The third-order valence-electron chi connectivity index (χ3n) is 5.25. The lowest BCUT2D eigenvalue weighted by Crippen LogP contribution is -2.35. The van der Waals surface area contributed by atoms with Crippen molar-refractivity contribution in [3.05, 3.63) is 108 Å². The molecule has 36 heavy (non-hydrogen) atoms. The number of nitrogens with one attached hydrogen (secondary N) is 2. The first kappa shape index (κ1) is 24.2. The molecule has 0 unspecified atom stereocenters. The highest BCUT2D eigenvalue weighted by molar-refractivity contribution is 6.07. The van der Waals surface area contributed by atoms with E-state index in [4.69, 9.17) is 9.47 Å². The highest BCUT2D eigenvalue weighted by atomic mass is 16.6. The molecule has 0 aliphatic heterocycles. The first-order valence-corrected chi connectivity index (χ1v) is 11.1. The van der Waals surface area contributed by atoms with Crippen molar-refractivity contribution < 1.29 is 23.9 Å². The van der Waals surface area contributed by atoms with E-state index in [1.807, 2.05) is 36.4 Å². The second-order valence-corrected chi connectivity index (χ2v) is 7.67. The van der Waals surface area contributed by atoms with E-state index in [2.05, 4.69) is 15.8 Å². The minimum Gasteiger partial charge on any atom is -0.493 e. The molecule has 0 atom stereocenters. The Morgan fingerprint density at radius 3 is 2.42 bits per heavy atom. The number of methoxy groups -OCH3 is 1. The van der Waals surface area contributed by atoms with Crippen molar-refractivity contribution in [3.8, 4) is 11.5 Å². The molecule has 0 radical (unpaired) electrons. The van der Waals surface area contributed by atoms with Gasteiger partial charge < -0.3 is 14.8 Å². The number of hydrogen-bond acceptors (Lipinski definition) is 6. The topological polar surface area (TPSA) is 106 Å². The Morgan fingerprint density at radius 2 is 1.61 bits per heavy atom. The van der Waals surface area contributed by atoms with Crippen LogP contribution in [0.25, 0.3) is 10.8 Å². The van der Waals surface area contributed by atoms with E-state index in [1.165, 1.54) is 13.3 Å². The maximum atomic E-state index is 12.5. The predicted octanol–water partition coefficient (Wildman–Crippen LogP) is 3.95. The van der Waals surface area contributed by atoms with Crippen LogP contribution in [0.1, 0.15) is 26.3 Å². The smallest absolute Gasteiger partial charge is 0.343 e. The average Bonchev–Trinajstić information content (AvgIpc) is 2.92. The van der Waals surface area contributed by atoms with E-state index in [0.29, 0.717) is 22.4 Å². The van der Waals surface area contributed by atoms with E-state index in [9.17, 15) is 14.4 Å². The fraction of sp³-hybridized carbons (Fsp3) is 0.0714. The zero-order valence-corrected chi connectivity index (χ0v) is 19.4. The SMILES string of the molecule is COc1cc(/C=N\NC(=O)CNC(=O)c2cccc3ccccc23)ccc1OC(=O)c1ccccc1. The molecular formula is C28H23N3O5. The molecular weight excluding hydrogens is 458 g/mol. The normalized spacial score (nSPS) is 10.7. The van der Waals surface area contributed by atoms with Gasteiger partial charge >= 0.3 is 5.97 Å². The number of esters is 1. The molecule has 0 aliphatic carbocycles. The van der Waals surface area contributed by atoms with Gasteiger partial charge in [-0.25, -0.2) is 10.2 Å². The van der Waals surface area contributed by atoms with Gasteiger partial charge in [-0.15, -0.1) is 0 Å². The molecule has 180 valence electrons. The van der Waals surface area contributed by atoms with Gasteiger partial charge in [0.1, 0.15) is 0 Å². The summed E-state index contributed by atoms with van der Waals surface area (Å²) < 4.78 is 10.7. The number of fused-ring (bicyclic) bond motifs is 1. The van der Waals surface area contributed by atoms with Crippen LogP contribution in [0.2, 0.25) is 0 Å². The summed E-state index contributed by atoms with van der Waals surface area (Å²) in [4.78, 5) is 37.0. The number of ether oxygens (including phenoxy) is 2. The van der Waals surface area contributed by atoms with Crippen molar-refractivity contribution in [1.29, 1.82) is 0 Å². The summed E-state index contributed by atoms with van der Waals surface area (Å²) in [6, 6.07) is 26.4. The van der Waals surface area contributed by atoms with Gasteiger partial charge in [-0.2, -0.15) is 5.10 Å². The van der Waals surface area contributed by atoms with Gasteiger partial charge in [0.2, 0.25) is 0 Å². The lowest BCUT2D eigenvalue weighted by Gasteiger charge is -2.10. The number of carbonyl (C=O) groups is 3. The fourth-order valence-electron chi connectivity index (χ4n) is 3.48. The van der Waals surface area contributed by atoms with Crippen LogP contribution >= 0.6 is 0 Å². The van der Waals surface area contributed by atoms with Crippen molar-refractivity contribution in [2.24, 2.45) is 5.10 Å². The Morgan fingerprint density at radius 1 is 0.861 bits per heavy atom. The van der Waals surface area contributed by atoms with Crippen molar-refractivity contribution >= 4 is 34.8 Å². The molecule has 0 heterocycles. The molecule has 8 heteroatoms. The minimum atomic E-state index is -0.506. The predicted molar refractivity (Wildman–Crippen MR) is 136 cm³/mol. The van der Waals surface area contributed by atoms with Gasteiger partial charge in [-0.1, -0.05) is 54.6 Å². The number of carbonyl (C=O) groups excluding carboxylic acids is 3. The quantitative estimate of drug-likeness (QED) is 0.172. The summed E-state index contributed by atoms with van der Waals surface area (Å²) in [7, 11) is 1.45. The lowest BCUT2D eigenvalue weighted by molar-refractivity contribution is -0.120. The fourth-order valence-corrected chi connectivity index (χ4v) is 3.48. The zero-order valence-electron chi connectivity index (χ0n) is 19.4. The van der Waals surface area contributed by atoms with Crippen molar-refractivity contribution in [2.75, 3.05) is 13.7 Å². The first-order valence-electron chi connectivity index (χ1n) is 11.1. The molecule has 0 saturated carbocycles. The molecule has 0 aliphatic rings. The number of amides is 2. The molecule has 0 spiro atoms. The summed E-state index contributed by atoms with van der Waals surface area (Å²) in [6.07, 6.45) is 1.41. The zero-order chi connectivity index (χ0) is 25.3. The van der Waals surface area contributed by atoms with Gasteiger partial charge in [0.05, 0.1) is 25.4 Å². The van der Waals surface area contributed by atoms with Crippen LogP contribution in [0, 0.1) is 0 Å². The molecule has 8 nitrogen and oxygen atoms in total. The monoisotopic (exact) mass is 481 g/mol. The van der Waals surface area contributed by atoms with E-state index in [0.717, 1.165) is 10.8 Å². The molecule has 0 saturated heterocycles. The van der Waals surface area contributed by atoms with Crippen LogP contribution in [-0.4, -0.2) is 37.7 Å². The Labute approximate surface area is 207 Å². The standard InChI is InChI=1S/C28H23N3O5/c1-35-25-16-19(14-15-24(25)36-28(34)21-9-3-2-4-10-21)17-30-31-26(32)18-29-27(33)23-13-7-11-20-8-5-6-12-22(20)23/h2-17H,18H2,1H3,(H,29,33)(H,31,32)/b30-17-. The van der Waals surface area contributed by atoms with Crippen molar-refractivity contribution in [2.45, 2.75) is 0 Å². The van der Waals surface area contributed by atoms with Gasteiger partial charge in [0.15, 0.2) is 11.5 Å². The molecule has 0 fully saturated rings. The van der Waals surface area contributed by atoms with Crippen molar-refractivity contribution in [1.82, 2.24) is 10.7 Å². The number of nitrogens with zero attached hydrogens (tertiary/aromatic N) is 1. The molecule has 0 aromatic heterocycles. The van der Waals surface area contributed by atoms with Crippen LogP contribution in [0.3, 0.4) is 0 Å². The van der Waals surface area contributed by atoms with E-state index >= 15 is 0 Å². The number of benzene rings is 4. The summed E-state index contributed by atoms with van der Waals surface area (Å²) >= 11 is 0. The minimum absolute atomic E-state index is 0.239. The second kappa shape index (κ2) is 11.4. The Hall–Kier alpha value is -4.98. The molecule has 4 aromatic carbocycles. The van der Waals surface area contributed by atoms with Gasteiger partial charge in [-0.3, -0.25) is 9.59 Å². The molecule has 2 N–H and O–H groups in total. The highest BCUT2D eigenvalue weighted by Crippen LogP contribution is 2.28. The molecule has 0 bridgehead atoms. The van der Waals surface area contributed by atoms with Crippen LogP contribution < -0.4 is 20.2 Å². The lowest BCUT2D eigenvalue weighted by atomic mass is 10.0. The van der Waals surface area contributed by atoms with E-state index < -0.39 is 11.9 Å². The van der Waals surface area contributed by atoms with Gasteiger partial charge in [-0.05, 0) is 52.7 Å². The highest BCUT2D eigenvalue weighted by Gasteiger charge is 2.13. The summed E-state index contributed by atoms with van der Waals surface area (Å²) in [6.45, 7) is -0.239. The van der Waals surface area contributed by atoms with Crippen LogP contribution in [0.4, 0.5) is 0 Å². The van der Waals surface area contributed by atoms with Gasteiger partial charge in [0.25, 0.3) is 11.8 Å². The summed E-state index contributed by atoms with van der Waals surface area (Å²) in [5.41, 5.74) is 3.88. The molecule has 4 rings (SSSR count). The van der Waals surface area contributed by atoms with E-state index in [-0.39, 0.29) is 18.2 Å². The van der Waals surface area contributed by atoms with E-state index in [1.54, 1.807) is 54.6 Å². The summed E-state index contributed by atoms with van der Waals surface area (Å²) in [5.74, 6) is -0.759. The van der Waals surface area contributed by atoms with Crippen LogP contribution in [-0.2, 0) is 4.79 Å². The molecule has 2 amide bonds. The third kappa shape index (κ3) is 5.92. The molecule has 4 aromatic rings. The Balaban J connectivity index is 1.32. The number of rotatable bonds is 8. The number of hydrogen-bond donors (Lipinski definition) is 2. The largest absolute Gasteiger partial charge is 0.493 e.